The predicted octanol–water partition coefficient (Wildman–Crippen LogP) is 1.13. The van der Waals surface area contributed by atoms with Gasteiger partial charge in [-0.1, -0.05) is 13.8 Å². The van der Waals surface area contributed by atoms with E-state index in [0.29, 0.717) is 6.17 Å². The fourth-order valence-electron chi connectivity index (χ4n) is 1.19. The zero-order valence-corrected chi connectivity index (χ0v) is 6.17. The Morgan fingerprint density at radius 3 is 2.89 bits per heavy atom. The highest BCUT2D eigenvalue weighted by Crippen LogP contribution is 2.08. The minimum absolute atomic E-state index is 0.481. The quantitative estimate of drug-likeness (QED) is 0.541. The summed E-state index contributed by atoms with van der Waals surface area (Å²) in [7, 11) is 0. The number of rotatable bonds is 2. The van der Waals surface area contributed by atoms with Gasteiger partial charge in [-0.3, -0.25) is 9.89 Å². The lowest BCUT2D eigenvalue weighted by atomic mass is 10.3. The molecule has 0 saturated carbocycles. The van der Waals surface area contributed by atoms with Gasteiger partial charge < -0.3 is 0 Å². The van der Waals surface area contributed by atoms with Gasteiger partial charge >= 0.3 is 0 Å². The van der Waals surface area contributed by atoms with Crippen molar-refractivity contribution in [3.8, 4) is 0 Å². The van der Waals surface area contributed by atoms with E-state index in [2.05, 4.69) is 23.7 Å². The molecule has 1 unspecified atom stereocenters. The molecule has 0 aromatic rings. The minimum Gasteiger partial charge on any atom is -0.277 e. The van der Waals surface area contributed by atoms with E-state index in [1.165, 1.54) is 0 Å². The van der Waals surface area contributed by atoms with Crippen LogP contribution in [0.2, 0.25) is 0 Å². The first-order valence-electron chi connectivity index (χ1n) is 3.64. The van der Waals surface area contributed by atoms with E-state index >= 15 is 0 Å². The smallest absolute Gasteiger partial charge is 0.102 e. The van der Waals surface area contributed by atoms with E-state index in [-0.39, 0.29) is 0 Å². The number of hydrogen-bond acceptors (Lipinski definition) is 2. The molecular weight excluding hydrogens is 112 g/mol. The summed E-state index contributed by atoms with van der Waals surface area (Å²) in [4.78, 5) is 6.67. The Morgan fingerprint density at radius 2 is 2.44 bits per heavy atom. The molecule has 0 amide bonds. The van der Waals surface area contributed by atoms with E-state index in [1.54, 1.807) is 0 Å². The summed E-state index contributed by atoms with van der Waals surface area (Å²) in [5, 5.41) is 0. The third-order valence-corrected chi connectivity index (χ3v) is 1.79. The van der Waals surface area contributed by atoms with E-state index in [4.69, 9.17) is 0 Å². The van der Waals surface area contributed by atoms with Gasteiger partial charge in [0, 0.05) is 12.8 Å². The van der Waals surface area contributed by atoms with Crippen molar-refractivity contribution in [2.45, 2.75) is 26.4 Å². The van der Waals surface area contributed by atoms with Gasteiger partial charge in [0.25, 0.3) is 0 Å². The molecule has 0 aromatic carbocycles. The van der Waals surface area contributed by atoms with Crippen LogP contribution in [0.15, 0.2) is 4.99 Å². The maximum atomic E-state index is 4.31. The largest absolute Gasteiger partial charge is 0.277 e. The van der Waals surface area contributed by atoms with Crippen LogP contribution in [-0.2, 0) is 0 Å². The Hall–Kier alpha value is -0.370. The molecule has 2 nitrogen and oxygen atoms in total. The highest BCUT2D eigenvalue weighted by atomic mass is 15.3. The second-order valence-electron chi connectivity index (χ2n) is 2.31. The van der Waals surface area contributed by atoms with Gasteiger partial charge in [-0.15, -0.1) is 0 Å². The summed E-state index contributed by atoms with van der Waals surface area (Å²) in [6.07, 6.45) is 3.64. The highest BCUT2D eigenvalue weighted by Gasteiger charge is 2.15. The average molecular weight is 126 g/mol. The Labute approximate surface area is 56.6 Å². The molecule has 0 bridgehead atoms. The maximum Gasteiger partial charge on any atom is 0.102 e. The van der Waals surface area contributed by atoms with Gasteiger partial charge in [0.2, 0.25) is 0 Å². The molecule has 1 aliphatic rings. The molecule has 9 heavy (non-hydrogen) atoms. The molecule has 0 radical (unpaired) electrons. The molecule has 0 fully saturated rings. The summed E-state index contributed by atoms with van der Waals surface area (Å²) in [6, 6.07) is 0. The van der Waals surface area contributed by atoms with Gasteiger partial charge in [-0.05, 0) is 13.0 Å². The van der Waals surface area contributed by atoms with Crippen molar-refractivity contribution < 1.29 is 0 Å². The molecule has 1 heterocycles. The average Bonchev–Trinajstić information content (AvgIpc) is 2.33. The van der Waals surface area contributed by atoms with Crippen LogP contribution >= 0.6 is 0 Å². The first-order valence-corrected chi connectivity index (χ1v) is 3.64. The maximum absolute atomic E-state index is 4.31. The lowest BCUT2D eigenvalue weighted by Crippen LogP contribution is -2.29. The van der Waals surface area contributed by atoms with Crippen LogP contribution in [0.25, 0.3) is 0 Å². The third-order valence-electron chi connectivity index (χ3n) is 1.79. The summed E-state index contributed by atoms with van der Waals surface area (Å²) >= 11 is 0. The molecule has 1 atom stereocenters. The van der Waals surface area contributed by atoms with Crippen LogP contribution in [0.4, 0.5) is 0 Å². The molecule has 2 heteroatoms. The van der Waals surface area contributed by atoms with Crippen molar-refractivity contribution in [2.75, 3.05) is 13.1 Å². The normalized spacial score (nSPS) is 27.6. The second kappa shape index (κ2) is 2.97. The number of aliphatic imine (C=N–C) groups is 1. The summed E-state index contributed by atoms with van der Waals surface area (Å²) in [6.45, 7) is 6.53. The van der Waals surface area contributed by atoms with Crippen LogP contribution in [-0.4, -0.2) is 30.4 Å². The monoisotopic (exact) mass is 126 g/mol. The Morgan fingerprint density at radius 1 is 1.67 bits per heavy atom. The molecule has 0 saturated heterocycles. The van der Waals surface area contributed by atoms with E-state index in [0.717, 1.165) is 19.5 Å². The van der Waals surface area contributed by atoms with Crippen molar-refractivity contribution in [2.24, 2.45) is 4.99 Å². The summed E-state index contributed by atoms with van der Waals surface area (Å²) in [5.74, 6) is 0. The Kier molecular flexibility index (Phi) is 2.22. The number of nitrogens with zero attached hydrogens (tertiary/aromatic N) is 2. The zero-order chi connectivity index (χ0) is 6.69. The van der Waals surface area contributed by atoms with Gasteiger partial charge in [0.05, 0.1) is 0 Å². The molecule has 0 aromatic heterocycles. The van der Waals surface area contributed by atoms with Gasteiger partial charge in [-0.2, -0.15) is 0 Å². The Bertz CT molecular complexity index is 109. The lowest BCUT2D eigenvalue weighted by Gasteiger charge is -2.18. The first kappa shape index (κ1) is 6.75. The number of hydrogen-bond donors (Lipinski definition) is 0. The van der Waals surface area contributed by atoms with Gasteiger partial charge in [0.15, 0.2) is 0 Å². The first-order chi connectivity index (χ1) is 4.38. The fraction of sp³-hybridized carbons (Fsp3) is 0.857. The van der Waals surface area contributed by atoms with Crippen molar-refractivity contribution in [3.63, 3.8) is 0 Å². The van der Waals surface area contributed by atoms with Crippen LogP contribution in [0.1, 0.15) is 20.3 Å². The zero-order valence-electron chi connectivity index (χ0n) is 6.17. The van der Waals surface area contributed by atoms with Gasteiger partial charge in [-0.25, -0.2) is 0 Å². The minimum atomic E-state index is 0.481. The molecule has 1 rings (SSSR count). The van der Waals surface area contributed by atoms with E-state index in [9.17, 15) is 0 Å². The van der Waals surface area contributed by atoms with Crippen LogP contribution in [0.3, 0.4) is 0 Å². The van der Waals surface area contributed by atoms with Crippen molar-refractivity contribution in [1.29, 1.82) is 0 Å². The summed E-state index contributed by atoms with van der Waals surface area (Å²) < 4.78 is 0. The molecule has 0 spiro atoms. The molecule has 0 aliphatic carbocycles. The molecule has 0 N–H and O–H groups in total. The molecule has 52 valence electrons. The van der Waals surface area contributed by atoms with Gasteiger partial charge in [0.1, 0.15) is 6.17 Å². The van der Waals surface area contributed by atoms with Crippen molar-refractivity contribution >= 4 is 6.21 Å². The van der Waals surface area contributed by atoms with Crippen LogP contribution < -0.4 is 0 Å². The SMILES string of the molecule is CCC1N=CCN1CC. The lowest BCUT2D eigenvalue weighted by molar-refractivity contribution is 0.258. The highest BCUT2D eigenvalue weighted by molar-refractivity contribution is 5.62. The van der Waals surface area contributed by atoms with E-state index in [1.807, 2.05) is 6.21 Å². The van der Waals surface area contributed by atoms with Crippen LogP contribution in [0.5, 0.6) is 0 Å². The third kappa shape index (κ3) is 1.30. The topological polar surface area (TPSA) is 15.6 Å². The summed E-state index contributed by atoms with van der Waals surface area (Å²) in [5.41, 5.74) is 0. The van der Waals surface area contributed by atoms with Crippen LogP contribution in [0, 0.1) is 0 Å². The van der Waals surface area contributed by atoms with Crippen molar-refractivity contribution in [3.05, 3.63) is 0 Å². The predicted molar refractivity (Wildman–Crippen MR) is 39.8 cm³/mol. The van der Waals surface area contributed by atoms with Crippen molar-refractivity contribution in [1.82, 2.24) is 4.90 Å². The van der Waals surface area contributed by atoms with E-state index < -0.39 is 0 Å². The molecular formula is C7H14N2. The molecule has 1 aliphatic heterocycles. The standard InChI is InChI=1S/C7H14N2/c1-3-7-8-5-6-9(7)4-2/h5,7H,3-4,6H2,1-2H3. The fourth-order valence-corrected chi connectivity index (χ4v) is 1.19. The second-order valence-corrected chi connectivity index (χ2v) is 2.31. The Balaban J connectivity index is 2.39.